The number of fused-ring (bicyclic) bond motifs is 11. The van der Waals surface area contributed by atoms with Crippen molar-refractivity contribution in [2.45, 2.75) is 0 Å². The van der Waals surface area contributed by atoms with E-state index in [-0.39, 0.29) is 0 Å². The van der Waals surface area contributed by atoms with Gasteiger partial charge >= 0.3 is 0 Å². The molecule has 0 aliphatic carbocycles. The van der Waals surface area contributed by atoms with Gasteiger partial charge in [-0.2, -0.15) is 0 Å². The van der Waals surface area contributed by atoms with Gasteiger partial charge < -0.3 is 4.42 Å². The lowest BCUT2D eigenvalue weighted by molar-refractivity contribution is 0.673. The van der Waals surface area contributed by atoms with E-state index in [1.807, 2.05) is 0 Å². The van der Waals surface area contributed by atoms with E-state index in [0.717, 1.165) is 81.9 Å². The number of benzene rings is 10. The molecule has 10 aromatic carbocycles. The van der Waals surface area contributed by atoms with Crippen molar-refractivity contribution in [2.24, 2.45) is 0 Å². The lowest BCUT2D eigenvalue weighted by atomic mass is 9.94. The van der Waals surface area contributed by atoms with Gasteiger partial charge in [0.2, 0.25) is 0 Å². The highest BCUT2D eigenvalue weighted by Crippen LogP contribution is 2.45. The van der Waals surface area contributed by atoms with Crippen LogP contribution in [0.1, 0.15) is 0 Å². The smallest absolute Gasteiger partial charge is 0.164 e. The quantitative estimate of drug-likeness (QED) is 0.170. The van der Waals surface area contributed by atoms with E-state index in [2.05, 4.69) is 188 Å². The fraction of sp³-hybridized carbons (Fsp3) is 0. The van der Waals surface area contributed by atoms with E-state index in [1.54, 1.807) is 0 Å². The molecule has 0 saturated carbocycles. The summed E-state index contributed by atoms with van der Waals surface area (Å²) in [6.07, 6.45) is 0. The summed E-state index contributed by atoms with van der Waals surface area (Å²) in [5.74, 6) is 1.82. The van der Waals surface area contributed by atoms with Gasteiger partial charge in [-0.05, 0) is 83.9 Å². The van der Waals surface area contributed by atoms with Gasteiger partial charge in [0.05, 0.1) is 0 Å². The molecule has 2 aromatic heterocycles. The van der Waals surface area contributed by atoms with Crippen LogP contribution in [0.4, 0.5) is 0 Å². The summed E-state index contributed by atoms with van der Waals surface area (Å²) >= 11 is 0. The fourth-order valence-corrected chi connectivity index (χ4v) is 8.63. The van der Waals surface area contributed by atoms with Crippen molar-refractivity contribution in [2.75, 3.05) is 0 Å². The third-order valence-electron chi connectivity index (χ3n) is 11.4. The summed E-state index contributed by atoms with van der Waals surface area (Å²) in [6.45, 7) is 0. The van der Waals surface area contributed by atoms with Gasteiger partial charge in [0.1, 0.15) is 11.2 Å². The molecule has 264 valence electrons. The van der Waals surface area contributed by atoms with Crippen molar-refractivity contribution in [1.82, 2.24) is 15.0 Å². The maximum absolute atomic E-state index is 6.93. The molecule has 4 nitrogen and oxygen atoms in total. The molecule has 0 amide bonds. The third-order valence-corrected chi connectivity index (χ3v) is 11.4. The first kappa shape index (κ1) is 31.6. The second-order valence-electron chi connectivity index (χ2n) is 14.8. The number of hydrogen-bond donors (Lipinski definition) is 0. The second-order valence-corrected chi connectivity index (χ2v) is 14.8. The largest absolute Gasteiger partial charge is 0.455 e. The molecule has 57 heavy (non-hydrogen) atoms. The fourth-order valence-electron chi connectivity index (χ4n) is 8.63. The Labute approximate surface area is 327 Å². The lowest BCUT2D eigenvalue weighted by Crippen LogP contribution is -2.01. The first-order valence-electron chi connectivity index (χ1n) is 19.3. The zero-order valence-corrected chi connectivity index (χ0v) is 30.6. The minimum Gasteiger partial charge on any atom is -0.455 e. The predicted molar refractivity (Wildman–Crippen MR) is 236 cm³/mol. The molecule has 0 aliphatic heterocycles. The Balaban J connectivity index is 1.13. The van der Waals surface area contributed by atoms with Crippen molar-refractivity contribution in [1.29, 1.82) is 0 Å². The van der Waals surface area contributed by atoms with E-state index in [9.17, 15) is 0 Å². The molecular formula is C53H31N3O. The van der Waals surface area contributed by atoms with Crippen LogP contribution in [0.3, 0.4) is 0 Å². The molecule has 0 spiro atoms. The van der Waals surface area contributed by atoms with Crippen molar-refractivity contribution in [3.63, 3.8) is 0 Å². The molecule has 0 atom stereocenters. The normalized spacial score (nSPS) is 11.9. The Morgan fingerprint density at radius 3 is 1.47 bits per heavy atom. The zero-order valence-electron chi connectivity index (χ0n) is 30.6. The number of nitrogens with zero attached hydrogens (tertiary/aromatic N) is 3. The van der Waals surface area contributed by atoms with Gasteiger partial charge in [-0.25, -0.2) is 15.0 Å². The van der Waals surface area contributed by atoms with E-state index < -0.39 is 0 Å². The summed E-state index contributed by atoms with van der Waals surface area (Å²) in [5, 5.41) is 13.5. The summed E-state index contributed by atoms with van der Waals surface area (Å²) in [4.78, 5) is 15.8. The van der Waals surface area contributed by atoms with E-state index in [1.165, 1.54) is 21.7 Å². The number of rotatable bonds is 4. The van der Waals surface area contributed by atoms with Gasteiger partial charge in [-0.1, -0.05) is 164 Å². The highest BCUT2D eigenvalue weighted by molar-refractivity contribution is 6.30. The van der Waals surface area contributed by atoms with Crippen LogP contribution in [0.15, 0.2) is 192 Å². The van der Waals surface area contributed by atoms with E-state index in [4.69, 9.17) is 19.4 Å². The van der Waals surface area contributed by atoms with Gasteiger partial charge in [0.25, 0.3) is 0 Å². The first-order chi connectivity index (χ1) is 28.2. The summed E-state index contributed by atoms with van der Waals surface area (Å²) in [6, 6.07) is 66.3. The molecular weight excluding hydrogens is 695 g/mol. The number of hydrogen-bond acceptors (Lipinski definition) is 4. The van der Waals surface area contributed by atoms with Gasteiger partial charge in [-0.3, -0.25) is 0 Å². The van der Waals surface area contributed by atoms with Gasteiger partial charge in [0.15, 0.2) is 17.5 Å². The molecule has 12 rings (SSSR count). The van der Waals surface area contributed by atoms with E-state index in [0.29, 0.717) is 17.5 Å². The first-order valence-corrected chi connectivity index (χ1v) is 19.3. The monoisotopic (exact) mass is 725 g/mol. The van der Waals surface area contributed by atoms with Gasteiger partial charge in [-0.15, -0.1) is 0 Å². The molecule has 0 unspecified atom stereocenters. The van der Waals surface area contributed by atoms with Crippen molar-refractivity contribution in [3.8, 4) is 45.3 Å². The number of aromatic nitrogens is 3. The average Bonchev–Trinajstić information content (AvgIpc) is 3.68. The predicted octanol–water partition coefficient (Wildman–Crippen LogP) is 14.2. The van der Waals surface area contributed by atoms with Crippen LogP contribution < -0.4 is 0 Å². The molecule has 0 fully saturated rings. The maximum atomic E-state index is 6.93. The minimum absolute atomic E-state index is 0.595. The Morgan fingerprint density at radius 1 is 0.298 bits per heavy atom. The Bertz CT molecular complexity index is 3580. The van der Waals surface area contributed by atoms with Crippen molar-refractivity contribution < 1.29 is 4.42 Å². The standard InChI is InChI=1S/C53H31N3O/c1-3-13-38-29-40(24-19-32(38)9-1)34-17-22-37(23-18-34)51-54-52(42-26-20-33-10-2-4-14-39(33)30-42)56-53(55-51)45-31-41-25-21-35-11-5-7-15-43(35)47(41)50-49(45)48-44-16-8-6-12-36(44)27-28-46(48)57-50/h1-31H. The van der Waals surface area contributed by atoms with Crippen LogP contribution in [0.25, 0.3) is 121 Å². The third kappa shape index (κ3) is 5.12. The van der Waals surface area contributed by atoms with Crippen LogP contribution in [0, 0.1) is 0 Å². The molecule has 0 bridgehead atoms. The van der Waals surface area contributed by atoms with Crippen molar-refractivity contribution in [3.05, 3.63) is 188 Å². The second kappa shape index (κ2) is 12.4. The molecule has 4 heteroatoms. The van der Waals surface area contributed by atoms with Crippen LogP contribution in [0.5, 0.6) is 0 Å². The Kier molecular flexibility index (Phi) is 6.89. The molecule has 0 saturated heterocycles. The summed E-state index contributed by atoms with van der Waals surface area (Å²) in [5.41, 5.74) is 6.71. The molecule has 2 heterocycles. The van der Waals surface area contributed by atoms with Crippen LogP contribution in [-0.2, 0) is 0 Å². The molecule has 0 radical (unpaired) electrons. The van der Waals surface area contributed by atoms with Crippen LogP contribution >= 0.6 is 0 Å². The molecule has 0 aliphatic rings. The van der Waals surface area contributed by atoms with Crippen LogP contribution in [-0.4, -0.2) is 15.0 Å². The SMILES string of the molecule is c1ccc2cc(-c3ccc(-c4nc(-c5ccc6ccccc6c5)nc(-c5cc6ccc7ccccc7c6c6oc7ccc8ccccc8c7c56)n4)cc3)ccc2c1. The minimum atomic E-state index is 0.595. The zero-order chi connectivity index (χ0) is 37.5. The van der Waals surface area contributed by atoms with Gasteiger partial charge in [0, 0.05) is 32.8 Å². The Hall–Kier alpha value is -7.69. The highest BCUT2D eigenvalue weighted by Gasteiger charge is 2.23. The van der Waals surface area contributed by atoms with Crippen LogP contribution in [0.2, 0.25) is 0 Å². The Morgan fingerprint density at radius 2 is 0.772 bits per heavy atom. The molecule has 12 aromatic rings. The van der Waals surface area contributed by atoms with E-state index >= 15 is 0 Å². The molecule has 0 N–H and O–H groups in total. The van der Waals surface area contributed by atoms with Crippen molar-refractivity contribution >= 4 is 75.8 Å². The maximum Gasteiger partial charge on any atom is 0.164 e. The average molecular weight is 726 g/mol. The topological polar surface area (TPSA) is 51.8 Å². The lowest BCUT2D eigenvalue weighted by Gasteiger charge is -2.12. The highest BCUT2D eigenvalue weighted by atomic mass is 16.3. The summed E-state index contributed by atoms with van der Waals surface area (Å²) < 4.78 is 6.93. The number of furan rings is 1. The summed E-state index contributed by atoms with van der Waals surface area (Å²) in [7, 11) is 0.